The van der Waals surface area contributed by atoms with Gasteiger partial charge in [0, 0.05) is 19.1 Å². The zero-order valence-corrected chi connectivity index (χ0v) is 7.90. The van der Waals surface area contributed by atoms with Gasteiger partial charge >= 0.3 is 0 Å². The SMILES string of the molecule is CC(CCO)OC1=CC(=O)C=CC1=O. The molecule has 0 fully saturated rings. The fraction of sp³-hybridized carbons (Fsp3) is 0.400. The number of aliphatic hydroxyl groups is 1. The van der Waals surface area contributed by atoms with Crippen molar-refractivity contribution in [3.63, 3.8) is 0 Å². The van der Waals surface area contributed by atoms with Crippen molar-refractivity contribution in [1.82, 2.24) is 0 Å². The molecule has 0 radical (unpaired) electrons. The van der Waals surface area contributed by atoms with Crippen molar-refractivity contribution < 1.29 is 19.4 Å². The van der Waals surface area contributed by atoms with Crippen LogP contribution in [0.4, 0.5) is 0 Å². The predicted molar refractivity (Wildman–Crippen MR) is 49.5 cm³/mol. The summed E-state index contributed by atoms with van der Waals surface area (Å²) >= 11 is 0. The van der Waals surface area contributed by atoms with Crippen molar-refractivity contribution in [2.24, 2.45) is 0 Å². The van der Waals surface area contributed by atoms with Gasteiger partial charge < -0.3 is 9.84 Å². The highest BCUT2D eigenvalue weighted by Crippen LogP contribution is 2.11. The monoisotopic (exact) mass is 196 g/mol. The zero-order chi connectivity index (χ0) is 10.6. The summed E-state index contributed by atoms with van der Waals surface area (Å²) in [5, 5.41) is 8.62. The molecule has 0 aromatic rings. The topological polar surface area (TPSA) is 63.6 Å². The van der Waals surface area contributed by atoms with Gasteiger partial charge in [-0.15, -0.1) is 0 Å². The molecule has 0 amide bonds. The van der Waals surface area contributed by atoms with E-state index < -0.39 is 0 Å². The average Bonchev–Trinajstić information content (AvgIpc) is 2.12. The Morgan fingerprint density at radius 1 is 1.43 bits per heavy atom. The fourth-order valence-corrected chi connectivity index (χ4v) is 1.04. The van der Waals surface area contributed by atoms with Crippen molar-refractivity contribution in [3.8, 4) is 0 Å². The van der Waals surface area contributed by atoms with Gasteiger partial charge in [0.25, 0.3) is 0 Å². The number of ketones is 2. The molecule has 0 spiro atoms. The quantitative estimate of drug-likeness (QED) is 0.659. The highest BCUT2D eigenvalue weighted by atomic mass is 16.5. The first-order chi connectivity index (χ1) is 6.63. The number of ether oxygens (including phenoxy) is 1. The third kappa shape index (κ3) is 2.81. The number of rotatable bonds is 4. The van der Waals surface area contributed by atoms with E-state index in [0.717, 1.165) is 6.08 Å². The van der Waals surface area contributed by atoms with Crippen LogP contribution in [0.15, 0.2) is 24.0 Å². The zero-order valence-electron chi connectivity index (χ0n) is 7.90. The Morgan fingerprint density at radius 2 is 2.14 bits per heavy atom. The van der Waals surface area contributed by atoms with Gasteiger partial charge in [0.2, 0.25) is 5.78 Å². The van der Waals surface area contributed by atoms with Gasteiger partial charge in [-0.25, -0.2) is 0 Å². The smallest absolute Gasteiger partial charge is 0.220 e. The molecule has 0 aliphatic heterocycles. The molecule has 0 saturated carbocycles. The van der Waals surface area contributed by atoms with Crippen LogP contribution in [0.1, 0.15) is 13.3 Å². The molecule has 76 valence electrons. The van der Waals surface area contributed by atoms with Crippen LogP contribution < -0.4 is 0 Å². The molecule has 1 aliphatic carbocycles. The molecular formula is C10H12O4. The maximum absolute atomic E-state index is 11.2. The number of hydrogen-bond acceptors (Lipinski definition) is 4. The molecule has 4 nitrogen and oxygen atoms in total. The summed E-state index contributed by atoms with van der Waals surface area (Å²) in [6, 6.07) is 0. The molecule has 1 N–H and O–H groups in total. The molecule has 0 aromatic heterocycles. The Kier molecular flexibility index (Phi) is 3.59. The van der Waals surface area contributed by atoms with Crippen LogP contribution >= 0.6 is 0 Å². The van der Waals surface area contributed by atoms with Gasteiger partial charge in [-0.2, -0.15) is 0 Å². The van der Waals surface area contributed by atoms with Crippen LogP contribution in [0.25, 0.3) is 0 Å². The summed E-state index contributed by atoms with van der Waals surface area (Å²) in [7, 11) is 0. The molecule has 0 aromatic carbocycles. The van der Waals surface area contributed by atoms with Gasteiger partial charge in [0.05, 0.1) is 6.10 Å². The average molecular weight is 196 g/mol. The second-order valence-corrected chi connectivity index (χ2v) is 3.05. The van der Waals surface area contributed by atoms with Crippen LogP contribution in [-0.4, -0.2) is 29.4 Å². The second-order valence-electron chi connectivity index (χ2n) is 3.05. The summed E-state index contributed by atoms with van der Waals surface area (Å²) in [6.07, 6.45) is 3.71. The Bertz CT molecular complexity index is 301. The molecule has 0 bridgehead atoms. The van der Waals surface area contributed by atoms with E-state index in [2.05, 4.69) is 0 Å². The molecule has 1 rings (SSSR count). The molecule has 0 heterocycles. The van der Waals surface area contributed by atoms with E-state index in [0.29, 0.717) is 6.42 Å². The maximum atomic E-state index is 11.2. The lowest BCUT2D eigenvalue weighted by molar-refractivity contribution is -0.118. The third-order valence-corrected chi connectivity index (χ3v) is 1.78. The Labute approximate surface area is 81.9 Å². The van der Waals surface area contributed by atoms with Gasteiger partial charge in [-0.05, 0) is 19.1 Å². The summed E-state index contributed by atoms with van der Waals surface area (Å²) in [5.41, 5.74) is 0. The number of hydrogen-bond donors (Lipinski definition) is 1. The lowest BCUT2D eigenvalue weighted by Gasteiger charge is -2.15. The van der Waals surface area contributed by atoms with Crippen molar-refractivity contribution in [2.75, 3.05) is 6.61 Å². The van der Waals surface area contributed by atoms with E-state index in [9.17, 15) is 9.59 Å². The second kappa shape index (κ2) is 4.72. The number of carbonyl (C=O) groups excluding carboxylic acids is 2. The Balaban J connectivity index is 2.59. The highest BCUT2D eigenvalue weighted by Gasteiger charge is 2.16. The molecule has 1 unspecified atom stereocenters. The number of aliphatic hydroxyl groups excluding tert-OH is 1. The molecule has 1 atom stereocenters. The first kappa shape index (κ1) is 10.7. The summed E-state index contributed by atoms with van der Waals surface area (Å²) < 4.78 is 5.19. The fourth-order valence-electron chi connectivity index (χ4n) is 1.04. The van der Waals surface area contributed by atoms with Gasteiger partial charge in [0.1, 0.15) is 0 Å². The van der Waals surface area contributed by atoms with E-state index in [1.54, 1.807) is 6.92 Å². The van der Waals surface area contributed by atoms with Crippen molar-refractivity contribution >= 4 is 11.6 Å². The van der Waals surface area contributed by atoms with Crippen LogP contribution in [0, 0.1) is 0 Å². The van der Waals surface area contributed by atoms with Crippen LogP contribution in [0.5, 0.6) is 0 Å². The highest BCUT2D eigenvalue weighted by molar-refractivity contribution is 6.16. The summed E-state index contributed by atoms with van der Waals surface area (Å²) in [5.74, 6) is -0.511. The standard InChI is InChI=1S/C10H12O4/c1-7(4-5-11)14-10-6-8(12)2-3-9(10)13/h2-3,6-7,11H,4-5H2,1H3. The largest absolute Gasteiger partial charge is 0.486 e. The lowest BCUT2D eigenvalue weighted by Crippen LogP contribution is -2.17. The van der Waals surface area contributed by atoms with Gasteiger partial charge in [0.15, 0.2) is 11.5 Å². The number of allylic oxidation sites excluding steroid dienone is 3. The number of carbonyl (C=O) groups is 2. The van der Waals surface area contributed by atoms with E-state index in [4.69, 9.17) is 9.84 Å². The normalized spacial score (nSPS) is 18.0. The van der Waals surface area contributed by atoms with Crippen molar-refractivity contribution in [3.05, 3.63) is 24.0 Å². The predicted octanol–water partition coefficient (Wildman–Crippen LogP) is 0.366. The third-order valence-electron chi connectivity index (χ3n) is 1.78. The minimum Gasteiger partial charge on any atom is -0.486 e. The molecule has 4 heteroatoms. The van der Waals surface area contributed by atoms with Crippen LogP contribution in [0.3, 0.4) is 0 Å². The molecular weight excluding hydrogens is 184 g/mol. The molecule has 0 saturated heterocycles. The van der Waals surface area contributed by atoms with Gasteiger partial charge in [-0.1, -0.05) is 0 Å². The van der Waals surface area contributed by atoms with E-state index in [1.165, 1.54) is 12.2 Å². The molecule has 1 aliphatic rings. The van der Waals surface area contributed by atoms with Crippen molar-refractivity contribution in [2.45, 2.75) is 19.4 Å². The minimum atomic E-state index is -0.311. The van der Waals surface area contributed by atoms with Gasteiger partial charge in [-0.3, -0.25) is 9.59 Å². The Morgan fingerprint density at radius 3 is 2.79 bits per heavy atom. The maximum Gasteiger partial charge on any atom is 0.220 e. The van der Waals surface area contributed by atoms with E-state index >= 15 is 0 Å². The summed E-state index contributed by atoms with van der Waals surface area (Å²) in [4.78, 5) is 22.1. The van der Waals surface area contributed by atoms with E-state index in [1.807, 2.05) is 0 Å². The first-order valence-corrected chi connectivity index (χ1v) is 4.39. The van der Waals surface area contributed by atoms with Crippen molar-refractivity contribution in [1.29, 1.82) is 0 Å². The Hall–Kier alpha value is -1.42. The first-order valence-electron chi connectivity index (χ1n) is 4.39. The molecule has 14 heavy (non-hydrogen) atoms. The summed E-state index contributed by atoms with van der Waals surface area (Å²) in [6.45, 7) is 1.72. The van der Waals surface area contributed by atoms with Crippen LogP contribution in [-0.2, 0) is 14.3 Å². The lowest BCUT2D eigenvalue weighted by atomic mass is 10.1. The van der Waals surface area contributed by atoms with E-state index in [-0.39, 0.29) is 30.0 Å². The van der Waals surface area contributed by atoms with Crippen LogP contribution in [0.2, 0.25) is 0 Å². The minimum absolute atomic E-state index is 0.00752.